The van der Waals surface area contributed by atoms with Crippen LogP contribution in [0.15, 0.2) is 42.6 Å². The number of aromatic nitrogens is 1. The maximum atomic E-state index is 12.8. The van der Waals surface area contributed by atoms with Gasteiger partial charge in [0.15, 0.2) is 0 Å². The quantitative estimate of drug-likeness (QED) is 0.877. The van der Waals surface area contributed by atoms with E-state index in [1.807, 2.05) is 26.0 Å². The first kappa shape index (κ1) is 18.6. The van der Waals surface area contributed by atoms with E-state index in [9.17, 15) is 9.59 Å². The number of pyridine rings is 1. The number of nitrogens with zero attached hydrogens (tertiary/aromatic N) is 2. The molecular formula is C20H25N3O2. The second-order valence-electron chi connectivity index (χ2n) is 6.22. The number of likely N-dealkylation sites (N-methyl/N-ethyl adjacent to an activating group) is 1. The first-order chi connectivity index (χ1) is 11.9. The summed E-state index contributed by atoms with van der Waals surface area (Å²) in [6.45, 7) is 5.82. The molecule has 0 bridgehead atoms. The molecule has 0 saturated heterocycles. The van der Waals surface area contributed by atoms with E-state index >= 15 is 0 Å². The standard InChI is InChI=1S/C20H25N3O2/c1-5-19(24)22-17-10-6-9-16(13-17)20(25)23(4)15(3)12-18-14(2)8-7-11-21-18/h6-11,13,15H,5,12H2,1-4H3,(H,22,24)/t15-/m0/s1. The van der Waals surface area contributed by atoms with E-state index in [1.165, 1.54) is 0 Å². The number of carbonyl (C=O) groups is 2. The molecule has 132 valence electrons. The van der Waals surface area contributed by atoms with Crippen LogP contribution in [0, 0.1) is 6.92 Å². The van der Waals surface area contributed by atoms with Crippen LogP contribution >= 0.6 is 0 Å². The highest BCUT2D eigenvalue weighted by molar-refractivity contribution is 5.97. The summed E-state index contributed by atoms with van der Waals surface area (Å²) >= 11 is 0. The fourth-order valence-electron chi connectivity index (χ4n) is 2.53. The first-order valence-corrected chi connectivity index (χ1v) is 8.50. The zero-order valence-electron chi connectivity index (χ0n) is 15.2. The normalized spacial score (nSPS) is 11.7. The summed E-state index contributed by atoms with van der Waals surface area (Å²) in [4.78, 5) is 30.4. The zero-order chi connectivity index (χ0) is 18.4. The van der Waals surface area contributed by atoms with Crippen LogP contribution in [0.4, 0.5) is 5.69 Å². The van der Waals surface area contributed by atoms with E-state index in [0.717, 1.165) is 11.3 Å². The highest BCUT2D eigenvalue weighted by atomic mass is 16.2. The molecule has 1 heterocycles. The molecule has 0 saturated carbocycles. The van der Waals surface area contributed by atoms with Crippen molar-refractivity contribution in [3.8, 4) is 0 Å². The fraction of sp³-hybridized carbons (Fsp3) is 0.350. The summed E-state index contributed by atoms with van der Waals surface area (Å²) < 4.78 is 0. The SMILES string of the molecule is CCC(=O)Nc1cccc(C(=O)N(C)[C@@H](C)Cc2ncccc2C)c1. The van der Waals surface area contributed by atoms with E-state index in [4.69, 9.17) is 0 Å². The molecule has 2 rings (SSSR count). The van der Waals surface area contributed by atoms with Crippen molar-refractivity contribution in [1.82, 2.24) is 9.88 Å². The average molecular weight is 339 g/mol. The van der Waals surface area contributed by atoms with Gasteiger partial charge in [0.2, 0.25) is 5.91 Å². The van der Waals surface area contributed by atoms with Gasteiger partial charge in [0.05, 0.1) is 0 Å². The highest BCUT2D eigenvalue weighted by Crippen LogP contribution is 2.16. The summed E-state index contributed by atoms with van der Waals surface area (Å²) in [6, 6.07) is 11.0. The lowest BCUT2D eigenvalue weighted by Gasteiger charge is -2.25. The van der Waals surface area contributed by atoms with Crippen molar-refractivity contribution in [1.29, 1.82) is 0 Å². The largest absolute Gasteiger partial charge is 0.339 e. The molecule has 25 heavy (non-hydrogen) atoms. The predicted octanol–water partition coefficient (Wildman–Crippen LogP) is 3.44. The Hall–Kier alpha value is -2.69. The third-order valence-corrected chi connectivity index (χ3v) is 4.30. The zero-order valence-corrected chi connectivity index (χ0v) is 15.2. The summed E-state index contributed by atoms with van der Waals surface area (Å²) in [7, 11) is 1.79. The number of nitrogens with one attached hydrogen (secondary N) is 1. The van der Waals surface area contributed by atoms with E-state index in [1.54, 1.807) is 49.3 Å². The molecule has 0 unspecified atom stereocenters. The summed E-state index contributed by atoms with van der Waals surface area (Å²) in [5, 5.41) is 2.78. The first-order valence-electron chi connectivity index (χ1n) is 8.50. The second-order valence-corrected chi connectivity index (χ2v) is 6.22. The van der Waals surface area contributed by atoms with Crippen molar-refractivity contribution in [2.75, 3.05) is 12.4 Å². The van der Waals surface area contributed by atoms with Gasteiger partial charge in [0.1, 0.15) is 0 Å². The van der Waals surface area contributed by atoms with Gasteiger partial charge in [-0.15, -0.1) is 0 Å². The molecule has 0 radical (unpaired) electrons. The van der Waals surface area contributed by atoms with Gasteiger partial charge >= 0.3 is 0 Å². The third-order valence-electron chi connectivity index (χ3n) is 4.30. The number of rotatable bonds is 6. The van der Waals surface area contributed by atoms with Crippen molar-refractivity contribution in [2.45, 2.75) is 39.7 Å². The molecule has 0 spiro atoms. The number of hydrogen-bond donors (Lipinski definition) is 1. The minimum Gasteiger partial charge on any atom is -0.339 e. The maximum absolute atomic E-state index is 12.8. The molecule has 2 aromatic rings. The molecule has 2 amide bonds. The summed E-state index contributed by atoms with van der Waals surface area (Å²) in [5.74, 6) is -0.148. The van der Waals surface area contributed by atoms with E-state index in [0.29, 0.717) is 24.1 Å². The van der Waals surface area contributed by atoms with Crippen LogP contribution in [0.25, 0.3) is 0 Å². The topological polar surface area (TPSA) is 62.3 Å². The molecule has 1 aromatic heterocycles. The predicted molar refractivity (Wildman–Crippen MR) is 99.6 cm³/mol. The molecule has 0 aliphatic heterocycles. The smallest absolute Gasteiger partial charge is 0.253 e. The minimum atomic E-state index is -0.0753. The number of amides is 2. The number of anilines is 1. The van der Waals surface area contributed by atoms with Crippen molar-refractivity contribution >= 4 is 17.5 Å². The average Bonchev–Trinajstić information content (AvgIpc) is 2.62. The number of hydrogen-bond acceptors (Lipinski definition) is 3. The Morgan fingerprint density at radius 1 is 1.24 bits per heavy atom. The summed E-state index contributed by atoms with van der Waals surface area (Å²) in [6.07, 6.45) is 2.87. The van der Waals surface area contributed by atoms with E-state index < -0.39 is 0 Å². The molecule has 1 N–H and O–H groups in total. The maximum Gasteiger partial charge on any atom is 0.253 e. The van der Waals surface area contributed by atoms with Gasteiger partial charge < -0.3 is 10.2 Å². The number of carbonyl (C=O) groups excluding carboxylic acids is 2. The van der Waals surface area contributed by atoms with Crippen molar-refractivity contribution < 1.29 is 9.59 Å². The Balaban J connectivity index is 2.09. The van der Waals surface area contributed by atoms with E-state index in [-0.39, 0.29) is 17.9 Å². The Morgan fingerprint density at radius 2 is 2.00 bits per heavy atom. The van der Waals surface area contributed by atoms with Crippen LogP contribution < -0.4 is 5.32 Å². The van der Waals surface area contributed by atoms with Crippen LogP contribution in [0.5, 0.6) is 0 Å². The van der Waals surface area contributed by atoms with Gasteiger partial charge in [0.25, 0.3) is 5.91 Å². The van der Waals surface area contributed by atoms with Crippen LogP contribution in [-0.2, 0) is 11.2 Å². The Labute approximate surface area is 149 Å². The molecule has 5 nitrogen and oxygen atoms in total. The van der Waals surface area contributed by atoms with Crippen LogP contribution in [0.1, 0.15) is 41.9 Å². The van der Waals surface area contributed by atoms with Crippen molar-refractivity contribution in [2.24, 2.45) is 0 Å². The lowest BCUT2D eigenvalue weighted by Crippen LogP contribution is -2.36. The van der Waals surface area contributed by atoms with Gasteiger partial charge in [-0.25, -0.2) is 0 Å². The summed E-state index contributed by atoms with van der Waals surface area (Å²) in [5.41, 5.74) is 3.32. The van der Waals surface area contributed by atoms with Crippen LogP contribution in [0.2, 0.25) is 0 Å². The van der Waals surface area contributed by atoms with Gasteiger partial charge in [-0.05, 0) is 43.7 Å². The van der Waals surface area contributed by atoms with Gasteiger partial charge in [-0.1, -0.05) is 19.1 Å². The molecule has 1 atom stereocenters. The second kappa shape index (κ2) is 8.42. The highest BCUT2D eigenvalue weighted by Gasteiger charge is 2.19. The molecule has 0 aliphatic rings. The van der Waals surface area contributed by atoms with Crippen LogP contribution in [0.3, 0.4) is 0 Å². The Bertz CT molecular complexity index is 758. The van der Waals surface area contributed by atoms with Crippen LogP contribution in [-0.4, -0.2) is 34.8 Å². The third kappa shape index (κ3) is 4.89. The molecule has 5 heteroatoms. The molecule has 0 aliphatic carbocycles. The Kier molecular flexibility index (Phi) is 6.28. The van der Waals surface area contributed by atoms with Crippen molar-refractivity contribution in [3.05, 3.63) is 59.4 Å². The molecule has 0 fully saturated rings. The lowest BCUT2D eigenvalue weighted by molar-refractivity contribution is -0.115. The van der Waals surface area contributed by atoms with E-state index in [2.05, 4.69) is 10.3 Å². The fourth-order valence-corrected chi connectivity index (χ4v) is 2.53. The Morgan fingerprint density at radius 3 is 2.68 bits per heavy atom. The molecular weight excluding hydrogens is 314 g/mol. The van der Waals surface area contributed by atoms with Gasteiger partial charge in [0, 0.05) is 49.1 Å². The number of aryl methyl sites for hydroxylation is 1. The lowest BCUT2D eigenvalue weighted by atomic mass is 10.1. The minimum absolute atomic E-state index is 0.00925. The monoisotopic (exact) mass is 339 g/mol. The van der Waals surface area contributed by atoms with Crippen molar-refractivity contribution in [3.63, 3.8) is 0 Å². The van der Waals surface area contributed by atoms with Gasteiger partial charge in [-0.2, -0.15) is 0 Å². The van der Waals surface area contributed by atoms with Gasteiger partial charge in [-0.3, -0.25) is 14.6 Å². The molecule has 1 aromatic carbocycles. The number of benzene rings is 1.